The van der Waals surface area contributed by atoms with Crippen molar-refractivity contribution in [3.05, 3.63) is 23.8 Å². The first-order valence-electron chi connectivity index (χ1n) is 8.93. The standard InChI is InChI=1S/C19H30N2O4/c1-5-24-17-12-14(6-7-16(17)22)13-21-10-8-15(9-11-21)20-18(23)25-19(2,3)4/h6-7,12,15,22H,5,8-11,13H2,1-4H3,(H,20,23). The third kappa shape index (κ3) is 6.46. The van der Waals surface area contributed by atoms with Crippen LogP contribution in [0.1, 0.15) is 46.1 Å². The van der Waals surface area contributed by atoms with Gasteiger partial charge in [-0.25, -0.2) is 4.79 Å². The number of carbonyl (C=O) groups excluding carboxylic acids is 1. The Kier molecular flexibility index (Phi) is 6.53. The van der Waals surface area contributed by atoms with Gasteiger partial charge in [-0.3, -0.25) is 4.90 Å². The van der Waals surface area contributed by atoms with Crippen LogP contribution in [-0.2, 0) is 11.3 Å². The van der Waals surface area contributed by atoms with E-state index in [1.54, 1.807) is 6.07 Å². The van der Waals surface area contributed by atoms with Gasteiger partial charge in [0.2, 0.25) is 0 Å². The second kappa shape index (κ2) is 8.43. The average molecular weight is 350 g/mol. The number of phenols is 1. The van der Waals surface area contributed by atoms with Gasteiger partial charge in [0, 0.05) is 25.7 Å². The normalized spacial score (nSPS) is 16.5. The fourth-order valence-corrected chi connectivity index (χ4v) is 2.90. The summed E-state index contributed by atoms with van der Waals surface area (Å²) < 4.78 is 10.7. The highest BCUT2D eigenvalue weighted by molar-refractivity contribution is 5.68. The number of alkyl carbamates (subject to hydrolysis) is 1. The number of ether oxygens (including phenoxy) is 2. The first kappa shape index (κ1) is 19.4. The van der Waals surface area contributed by atoms with E-state index in [9.17, 15) is 9.90 Å². The molecule has 0 spiro atoms. The van der Waals surface area contributed by atoms with Crippen LogP contribution in [0, 0.1) is 0 Å². The van der Waals surface area contributed by atoms with Crippen LogP contribution in [0.4, 0.5) is 4.79 Å². The van der Waals surface area contributed by atoms with Crippen molar-refractivity contribution in [3.8, 4) is 11.5 Å². The Labute approximate surface area is 150 Å². The molecule has 1 saturated heterocycles. The van der Waals surface area contributed by atoms with Gasteiger partial charge in [0.25, 0.3) is 0 Å². The van der Waals surface area contributed by atoms with Gasteiger partial charge in [0.05, 0.1) is 6.61 Å². The summed E-state index contributed by atoms with van der Waals surface area (Å²) in [4.78, 5) is 14.2. The predicted octanol–water partition coefficient (Wildman–Crippen LogP) is 3.28. The summed E-state index contributed by atoms with van der Waals surface area (Å²) in [6.45, 7) is 10.6. The molecule has 0 atom stereocenters. The second-order valence-electron chi connectivity index (χ2n) is 7.43. The number of nitrogens with one attached hydrogen (secondary N) is 1. The Balaban J connectivity index is 1.80. The fraction of sp³-hybridized carbons (Fsp3) is 0.632. The van der Waals surface area contributed by atoms with Crippen LogP contribution in [0.3, 0.4) is 0 Å². The Morgan fingerprint density at radius 2 is 2.00 bits per heavy atom. The van der Waals surface area contributed by atoms with Crippen molar-refractivity contribution >= 4 is 6.09 Å². The van der Waals surface area contributed by atoms with Gasteiger partial charge in [-0.2, -0.15) is 0 Å². The van der Waals surface area contributed by atoms with Gasteiger partial charge in [-0.05, 0) is 58.2 Å². The van der Waals surface area contributed by atoms with Crippen molar-refractivity contribution in [1.82, 2.24) is 10.2 Å². The van der Waals surface area contributed by atoms with Crippen LogP contribution in [0.2, 0.25) is 0 Å². The van der Waals surface area contributed by atoms with E-state index >= 15 is 0 Å². The highest BCUT2D eigenvalue weighted by atomic mass is 16.6. The minimum atomic E-state index is -0.470. The molecule has 1 amide bonds. The van der Waals surface area contributed by atoms with Crippen molar-refractivity contribution in [3.63, 3.8) is 0 Å². The van der Waals surface area contributed by atoms with E-state index in [0.29, 0.717) is 12.4 Å². The maximum absolute atomic E-state index is 11.8. The zero-order valence-corrected chi connectivity index (χ0v) is 15.7. The summed E-state index contributed by atoms with van der Waals surface area (Å²) in [5.74, 6) is 0.701. The number of carbonyl (C=O) groups is 1. The summed E-state index contributed by atoms with van der Waals surface area (Å²) in [6.07, 6.45) is 1.46. The molecule has 0 radical (unpaired) electrons. The number of amides is 1. The highest BCUT2D eigenvalue weighted by Gasteiger charge is 2.23. The highest BCUT2D eigenvalue weighted by Crippen LogP contribution is 2.27. The van der Waals surface area contributed by atoms with Crippen LogP contribution in [0.5, 0.6) is 11.5 Å². The van der Waals surface area contributed by atoms with Crippen LogP contribution >= 0.6 is 0 Å². The third-order valence-electron chi connectivity index (χ3n) is 4.04. The zero-order valence-electron chi connectivity index (χ0n) is 15.7. The number of hydrogen-bond donors (Lipinski definition) is 2. The Hall–Kier alpha value is -1.95. The van der Waals surface area contributed by atoms with Crippen LogP contribution in [-0.4, -0.2) is 47.4 Å². The Morgan fingerprint density at radius 1 is 1.32 bits per heavy atom. The molecule has 25 heavy (non-hydrogen) atoms. The molecule has 1 fully saturated rings. The lowest BCUT2D eigenvalue weighted by Crippen LogP contribution is -2.45. The summed E-state index contributed by atoms with van der Waals surface area (Å²) >= 11 is 0. The third-order valence-corrected chi connectivity index (χ3v) is 4.04. The van der Waals surface area contributed by atoms with Crippen LogP contribution in [0.15, 0.2) is 18.2 Å². The minimum absolute atomic E-state index is 0.157. The zero-order chi connectivity index (χ0) is 18.4. The molecule has 2 rings (SSSR count). The summed E-state index contributed by atoms with van der Waals surface area (Å²) in [5.41, 5.74) is 0.641. The van der Waals surface area contributed by atoms with Gasteiger partial charge in [-0.1, -0.05) is 6.07 Å². The molecular weight excluding hydrogens is 320 g/mol. The van der Waals surface area contributed by atoms with Gasteiger partial charge in [-0.15, -0.1) is 0 Å². The van der Waals surface area contributed by atoms with E-state index in [1.165, 1.54) is 0 Å². The predicted molar refractivity (Wildman–Crippen MR) is 96.9 cm³/mol. The second-order valence-corrected chi connectivity index (χ2v) is 7.43. The number of aromatic hydroxyl groups is 1. The summed E-state index contributed by atoms with van der Waals surface area (Å²) in [6, 6.07) is 5.65. The van der Waals surface area contributed by atoms with E-state index in [0.717, 1.165) is 38.0 Å². The molecule has 0 aromatic heterocycles. The molecule has 0 bridgehead atoms. The maximum atomic E-state index is 11.8. The van der Waals surface area contributed by atoms with Gasteiger partial charge in [0.15, 0.2) is 11.5 Å². The molecule has 1 heterocycles. The van der Waals surface area contributed by atoms with Crippen LogP contribution in [0.25, 0.3) is 0 Å². The molecule has 6 nitrogen and oxygen atoms in total. The lowest BCUT2D eigenvalue weighted by Gasteiger charge is -2.32. The lowest BCUT2D eigenvalue weighted by atomic mass is 10.0. The van der Waals surface area contributed by atoms with Gasteiger partial charge >= 0.3 is 6.09 Å². The van der Waals surface area contributed by atoms with Crippen molar-refractivity contribution < 1.29 is 19.4 Å². The molecule has 0 unspecified atom stereocenters. The quantitative estimate of drug-likeness (QED) is 0.853. The van der Waals surface area contributed by atoms with Gasteiger partial charge < -0.3 is 19.9 Å². The Morgan fingerprint density at radius 3 is 2.60 bits per heavy atom. The summed E-state index contributed by atoms with van der Waals surface area (Å²) in [5, 5.41) is 12.7. The molecular formula is C19H30N2O4. The van der Waals surface area contributed by atoms with Crippen molar-refractivity contribution in [2.75, 3.05) is 19.7 Å². The monoisotopic (exact) mass is 350 g/mol. The minimum Gasteiger partial charge on any atom is -0.504 e. The SMILES string of the molecule is CCOc1cc(CN2CCC(NC(=O)OC(C)(C)C)CC2)ccc1O. The number of piperidine rings is 1. The molecule has 1 aromatic rings. The number of hydrogen-bond acceptors (Lipinski definition) is 5. The lowest BCUT2D eigenvalue weighted by molar-refractivity contribution is 0.0477. The van der Waals surface area contributed by atoms with Crippen LogP contribution < -0.4 is 10.1 Å². The number of rotatable bonds is 5. The average Bonchev–Trinajstić information content (AvgIpc) is 2.51. The van der Waals surface area contributed by atoms with E-state index in [-0.39, 0.29) is 17.9 Å². The van der Waals surface area contributed by atoms with Crippen molar-refractivity contribution in [2.24, 2.45) is 0 Å². The molecule has 140 valence electrons. The van der Waals surface area contributed by atoms with E-state index in [4.69, 9.17) is 9.47 Å². The molecule has 1 aromatic carbocycles. The molecule has 6 heteroatoms. The van der Waals surface area contributed by atoms with E-state index < -0.39 is 5.60 Å². The number of phenolic OH excluding ortho intramolecular Hbond substituents is 1. The molecule has 1 aliphatic rings. The fourth-order valence-electron chi connectivity index (χ4n) is 2.90. The van der Waals surface area contributed by atoms with Crippen molar-refractivity contribution in [2.45, 2.75) is 58.7 Å². The number of nitrogens with zero attached hydrogens (tertiary/aromatic N) is 1. The largest absolute Gasteiger partial charge is 0.504 e. The molecule has 2 N–H and O–H groups in total. The van der Waals surface area contributed by atoms with E-state index in [2.05, 4.69) is 10.2 Å². The smallest absolute Gasteiger partial charge is 0.407 e. The first-order valence-corrected chi connectivity index (χ1v) is 8.93. The number of benzene rings is 1. The maximum Gasteiger partial charge on any atom is 0.407 e. The van der Waals surface area contributed by atoms with Crippen molar-refractivity contribution in [1.29, 1.82) is 0 Å². The van der Waals surface area contributed by atoms with E-state index in [1.807, 2.05) is 39.8 Å². The molecule has 0 aliphatic carbocycles. The topological polar surface area (TPSA) is 71.0 Å². The van der Waals surface area contributed by atoms with Gasteiger partial charge in [0.1, 0.15) is 5.60 Å². The first-order chi connectivity index (χ1) is 11.8. The molecule has 1 aliphatic heterocycles. The number of likely N-dealkylation sites (tertiary alicyclic amines) is 1. The summed E-state index contributed by atoms with van der Waals surface area (Å²) in [7, 11) is 0. The molecule has 0 saturated carbocycles. The Bertz CT molecular complexity index is 575.